The second-order valence-electron chi connectivity index (χ2n) is 7.24. The van der Waals surface area contributed by atoms with E-state index in [2.05, 4.69) is 20.3 Å². The lowest BCUT2D eigenvalue weighted by atomic mass is 9.80. The van der Waals surface area contributed by atoms with Crippen molar-refractivity contribution < 1.29 is 22.4 Å². The van der Waals surface area contributed by atoms with Gasteiger partial charge in [0.05, 0.1) is 17.9 Å². The molecule has 1 aliphatic rings. The van der Waals surface area contributed by atoms with E-state index in [1.54, 1.807) is 6.92 Å². The number of carbonyl (C=O) groups excluding carboxylic acids is 1. The predicted molar refractivity (Wildman–Crippen MR) is 99.1 cm³/mol. The van der Waals surface area contributed by atoms with Gasteiger partial charge in [-0.3, -0.25) is 14.8 Å². The number of benzene rings is 1. The first-order chi connectivity index (χ1) is 13.5. The molecule has 0 aliphatic carbocycles. The Hall–Kier alpha value is -3.04. The van der Waals surface area contributed by atoms with Crippen LogP contribution in [0.25, 0.3) is 0 Å². The van der Waals surface area contributed by atoms with Crippen molar-refractivity contribution in [3.8, 4) is 0 Å². The molecule has 2 heterocycles. The molecule has 0 bridgehead atoms. The van der Waals surface area contributed by atoms with Crippen molar-refractivity contribution in [3.63, 3.8) is 0 Å². The number of amidine groups is 1. The third kappa shape index (κ3) is 4.20. The minimum atomic E-state index is -2.80. The Kier molecular flexibility index (Phi) is 5.29. The Morgan fingerprint density at radius 1 is 1.21 bits per heavy atom. The molecule has 10 heteroatoms. The third-order valence-corrected chi connectivity index (χ3v) is 4.92. The summed E-state index contributed by atoms with van der Waals surface area (Å²) in [5.74, 6) is -1.50. The molecule has 3 rings (SSSR count). The van der Waals surface area contributed by atoms with Gasteiger partial charge in [-0.25, -0.2) is 22.5 Å². The van der Waals surface area contributed by atoms with E-state index in [4.69, 9.17) is 5.73 Å². The van der Waals surface area contributed by atoms with Crippen LogP contribution in [0.3, 0.4) is 0 Å². The average Bonchev–Trinajstić information content (AvgIpc) is 2.67. The van der Waals surface area contributed by atoms with Crippen LogP contribution in [-0.4, -0.2) is 27.4 Å². The summed E-state index contributed by atoms with van der Waals surface area (Å²) in [7, 11) is 0. The standard InChI is InChI=1S/C19H19F4N5O/c1-18(23)5-6-19(2,28-17(18)24)11-7-10(3-4-12(11)20)27-16(29)14-9-25-13(8-26-14)15(21)22/h3-4,7-9,15H,5-6H2,1-2H3,(H2,24,28)(H,27,29)/t18-,19+/m1/s1. The zero-order chi connectivity index (χ0) is 21.4. The lowest BCUT2D eigenvalue weighted by Crippen LogP contribution is -2.45. The topological polar surface area (TPSA) is 93.3 Å². The Balaban J connectivity index is 1.86. The first kappa shape index (κ1) is 20.7. The number of aliphatic imine (C=N–C) groups is 1. The molecule has 0 fully saturated rings. The van der Waals surface area contributed by atoms with Gasteiger partial charge in [0, 0.05) is 11.3 Å². The molecule has 2 aromatic rings. The van der Waals surface area contributed by atoms with Gasteiger partial charge < -0.3 is 11.1 Å². The molecule has 29 heavy (non-hydrogen) atoms. The number of anilines is 1. The van der Waals surface area contributed by atoms with Crippen LogP contribution >= 0.6 is 0 Å². The van der Waals surface area contributed by atoms with Crippen molar-refractivity contribution in [1.82, 2.24) is 9.97 Å². The molecule has 1 amide bonds. The zero-order valence-corrected chi connectivity index (χ0v) is 15.7. The van der Waals surface area contributed by atoms with Gasteiger partial charge in [0.2, 0.25) is 0 Å². The number of nitrogens with two attached hydrogens (primary N) is 1. The maximum absolute atomic E-state index is 14.5. The number of nitrogens with one attached hydrogen (secondary N) is 1. The minimum Gasteiger partial charge on any atom is -0.385 e. The van der Waals surface area contributed by atoms with Crippen LogP contribution < -0.4 is 11.1 Å². The Morgan fingerprint density at radius 3 is 2.52 bits per heavy atom. The molecule has 1 aromatic heterocycles. The van der Waals surface area contributed by atoms with E-state index < -0.39 is 35.1 Å². The first-order valence-corrected chi connectivity index (χ1v) is 8.78. The molecule has 0 spiro atoms. The smallest absolute Gasteiger partial charge is 0.281 e. The van der Waals surface area contributed by atoms with Gasteiger partial charge in [-0.2, -0.15) is 0 Å². The molecular formula is C19H19F4N5O. The lowest BCUT2D eigenvalue weighted by Gasteiger charge is -2.36. The zero-order valence-electron chi connectivity index (χ0n) is 15.7. The molecule has 1 aromatic carbocycles. The maximum atomic E-state index is 14.5. The van der Waals surface area contributed by atoms with Crippen molar-refractivity contribution >= 4 is 17.4 Å². The molecule has 0 radical (unpaired) electrons. The predicted octanol–water partition coefficient (Wildman–Crippen LogP) is 3.90. The van der Waals surface area contributed by atoms with Crippen LogP contribution in [0.2, 0.25) is 0 Å². The summed E-state index contributed by atoms with van der Waals surface area (Å²) in [4.78, 5) is 23.6. The number of nitrogens with zero attached hydrogens (tertiary/aromatic N) is 3. The Labute approximate surface area is 164 Å². The third-order valence-electron chi connectivity index (χ3n) is 4.92. The SMILES string of the molecule is C[C@@]1(F)CC[C@@](C)(c2cc(NC(=O)c3cnc(C(F)F)cn3)ccc2F)N=C1N. The van der Waals surface area contributed by atoms with Gasteiger partial charge in [0.1, 0.15) is 23.0 Å². The fourth-order valence-electron chi connectivity index (χ4n) is 3.02. The summed E-state index contributed by atoms with van der Waals surface area (Å²) < 4.78 is 53.8. The van der Waals surface area contributed by atoms with Gasteiger partial charge >= 0.3 is 0 Å². The number of halogens is 4. The van der Waals surface area contributed by atoms with Crippen LogP contribution in [0.5, 0.6) is 0 Å². The Bertz CT molecular complexity index is 962. The quantitative estimate of drug-likeness (QED) is 0.749. The highest BCUT2D eigenvalue weighted by Crippen LogP contribution is 2.40. The van der Waals surface area contributed by atoms with Crippen LogP contribution in [0, 0.1) is 5.82 Å². The fraction of sp³-hybridized carbons (Fsp3) is 0.368. The molecular weight excluding hydrogens is 390 g/mol. The van der Waals surface area contributed by atoms with E-state index in [1.807, 2.05) is 0 Å². The summed E-state index contributed by atoms with van der Waals surface area (Å²) in [5.41, 5.74) is 2.51. The number of aromatic nitrogens is 2. The van der Waals surface area contributed by atoms with Crippen LogP contribution in [0.15, 0.2) is 35.6 Å². The second-order valence-corrected chi connectivity index (χ2v) is 7.24. The number of rotatable bonds is 4. The van der Waals surface area contributed by atoms with Crippen molar-refractivity contribution in [3.05, 3.63) is 53.4 Å². The summed E-state index contributed by atoms with van der Waals surface area (Å²) in [6, 6.07) is 3.86. The van der Waals surface area contributed by atoms with E-state index in [9.17, 15) is 22.4 Å². The van der Waals surface area contributed by atoms with Crippen molar-refractivity contribution in [2.24, 2.45) is 10.7 Å². The van der Waals surface area contributed by atoms with E-state index in [0.717, 1.165) is 18.5 Å². The molecule has 0 saturated heterocycles. The molecule has 0 unspecified atom stereocenters. The average molecular weight is 409 g/mol. The summed E-state index contributed by atoms with van der Waals surface area (Å²) in [6.45, 7) is 2.95. The van der Waals surface area contributed by atoms with Crippen LogP contribution in [0.4, 0.5) is 23.2 Å². The van der Waals surface area contributed by atoms with Crippen LogP contribution in [-0.2, 0) is 5.54 Å². The van der Waals surface area contributed by atoms with Crippen LogP contribution in [0.1, 0.15) is 54.9 Å². The van der Waals surface area contributed by atoms with Gasteiger partial charge in [-0.1, -0.05) is 0 Å². The number of hydrogen-bond acceptors (Lipinski definition) is 5. The Morgan fingerprint density at radius 2 is 1.93 bits per heavy atom. The van der Waals surface area contributed by atoms with Crippen molar-refractivity contribution in [1.29, 1.82) is 0 Å². The van der Waals surface area contributed by atoms with Crippen molar-refractivity contribution in [2.45, 2.75) is 44.3 Å². The molecule has 154 valence electrons. The molecule has 6 nitrogen and oxygen atoms in total. The second kappa shape index (κ2) is 7.41. The van der Waals surface area contributed by atoms with Gasteiger partial charge in [-0.05, 0) is 44.9 Å². The normalized spacial score (nSPS) is 24.3. The summed E-state index contributed by atoms with van der Waals surface area (Å²) in [6.07, 6.45) is -0.771. The van der Waals surface area contributed by atoms with E-state index in [1.165, 1.54) is 19.1 Å². The highest BCUT2D eigenvalue weighted by atomic mass is 19.3. The maximum Gasteiger partial charge on any atom is 0.281 e. The molecule has 2 atom stereocenters. The monoisotopic (exact) mass is 409 g/mol. The fourth-order valence-corrected chi connectivity index (χ4v) is 3.02. The van der Waals surface area contributed by atoms with Crippen molar-refractivity contribution in [2.75, 3.05) is 5.32 Å². The van der Waals surface area contributed by atoms with Gasteiger partial charge in [0.25, 0.3) is 12.3 Å². The number of hydrogen-bond donors (Lipinski definition) is 2. The van der Waals surface area contributed by atoms with E-state index in [-0.39, 0.29) is 35.6 Å². The van der Waals surface area contributed by atoms with Gasteiger partial charge in [0.15, 0.2) is 5.67 Å². The molecule has 3 N–H and O–H groups in total. The first-order valence-electron chi connectivity index (χ1n) is 8.78. The highest BCUT2D eigenvalue weighted by Gasteiger charge is 2.41. The number of alkyl halides is 3. The lowest BCUT2D eigenvalue weighted by molar-refractivity contribution is 0.102. The highest BCUT2D eigenvalue weighted by molar-refractivity contribution is 6.02. The van der Waals surface area contributed by atoms with E-state index >= 15 is 0 Å². The number of carbonyl (C=O) groups is 1. The minimum absolute atomic E-state index is 0.0704. The van der Waals surface area contributed by atoms with Gasteiger partial charge in [-0.15, -0.1) is 0 Å². The number of amides is 1. The summed E-state index contributed by atoms with van der Waals surface area (Å²) in [5, 5.41) is 2.51. The summed E-state index contributed by atoms with van der Waals surface area (Å²) >= 11 is 0. The molecule has 0 saturated carbocycles. The molecule has 1 aliphatic heterocycles. The largest absolute Gasteiger partial charge is 0.385 e. The van der Waals surface area contributed by atoms with E-state index in [0.29, 0.717) is 0 Å².